The second-order valence-electron chi connectivity index (χ2n) is 6.85. The smallest absolute Gasteiger partial charge is 0.245 e. The summed E-state index contributed by atoms with van der Waals surface area (Å²) in [5.74, 6) is 0.984. The van der Waals surface area contributed by atoms with Gasteiger partial charge in [-0.3, -0.25) is 19.3 Å². The van der Waals surface area contributed by atoms with Gasteiger partial charge >= 0.3 is 0 Å². The topological polar surface area (TPSA) is 44.6 Å². The largest absolute Gasteiger partial charge is 0.369 e. The molecule has 2 aliphatic heterocycles. The van der Waals surface area contributed by atoms with Gasteiger partial charge in [-0.1, -0.05) is 18.2 Å². The molecule has 0 N–H and O–H groups in total. The summed E-state index contributed by atoms with van der Waals surface area (Å²) >= 11 is 0. The van der Waals surface area contributed by atoms with Crippen molar-refractivity contribution in [3.8, 4) is 0 Å². The van der Waals surface area contributed by atoms with Crippen LogP contribution >= 0.6 is 0 Å². The molecule has 6 heteroatoms. The molecule has 2 saturated heterocycles. The Morgan fingerprint density at radius 1 is 1.00 bits per heavy atom. The average molecular weight is 339 g/mol. The van der Waals surface area contributed by atoms with E-state index in [2.05, 4.69) is 39.2 Å². The minimum absolute atomic E-state index is 0.00585. The van der Waals surface area contributed by atoms with Crippen LogP contribution in [0.1, 0.15) is 12.8 Å². The Labute approximate surface area is 148 Å². The first-order valence-corrected chi connectivity index (χ1v) is 9.07. The van der Waals surface area contributed by atoms with Crippen molar-refractivity contribution in [1.29, 1.82) is 0 Å². The van der Waals surface area contributed by atoms with Crippen LogP contribution in [0.5, 0.6) is 0 Å². The lowest BCUT2D eigenvalue weighted by molar-refractivity contribution is -0.125. The van der Waals surface area contributed by atoms with Crippen molar-refractivity contribution < 1.29 is 4.79 Å². The molecule has 0 bridgehead atoms. The van der Waals surface area contributed by atoms with Gasteiger partial charge in [-0.05, 0) is 25.0 Å². The molecule has 0 radical (unpaired) electrons. The minimum atomic E-state index is -0.00585. The number of aromatic nitrogens is 2. The first-order valence-electron chi connectivity index (χ1n) is 9.07. The highest BCUT2D eigenvalue weighted by molar-refractivity contribution is 5.97. The molecule has 1 amide bonds. The van der Waals surface area contributed by atoms with Crippen LogP contribution in [-0.4, -0.2) is 59.4 Å². The zero-order valence-corrected chi connectivity index (χ0v) is 14.7. The van der Waals surface area contributed by atoms with Crippen LogP contribution in [0.25, 0.3) is 0 Å². The lowest BCUT2D eigenvalue weighted by atomic mass is 10.0. The summed E-state index contributed by atoms with van der Waals surface area (Å²) in [7, 11) is 1.89. The number of benzene rings is 1. The summed E-state index contributed by atoms with van der Waals surface area (Å²) in [4.78, 5) is 19.6. The molecule has 1 aromatic heterocycles. The van der Waals surface area contributed by atoms with Crippen LogP contribution in [0.2, 0.25) is 0 Å². The van der Waals surface area contributed by atoms with Crippen molar-refractivity contribution in [3.05, 3.63) is 42.6 Å². The molecule has 1 aromatic carbocycles. The Hall–Kier alpha value is -2.34. The summed E-state index contributed by atoms with van der Waals surface area (Å²) in [5, 5.41) is 4.41. The first kappa shape index (κ1) is 16.1. The van der Waals surface area contributed by atoms with Crippen molar-refractivity contribution in [2.45, 2.75) is 18.9 Å². The second kappa shape index (κ2) is 6.88. The number of piperidine rings is 1. The van der Waals surface area contributed by atoms with Gasteiger partial charge in [0.15, 0.2) is 5.82 Å². The molecule has 6 nitrogen and oxygen atoms in total. The number of aryl methyl sites for hydroxylation is 1. The van der Waals surface area contributed by atoms with E-state index < -0.39 is 0 Å². The Kier molecular flexibility index (Phi) is 4.44. The van der Waals surface area contributed by atoms with E-state index in [0.717, 1.165) is 51.4 Å². The lowest BCUT2D eigenvalue weighted by Gasteiger charge is -2.42. The molecule has 0 saturated carbocycles. The molecule has 3 heterocycles. The Morgan fingerprint density at radius 3 is 2.44 bits per heavy atom. The van der Waals surface area contributed by atoms with Gasteiger partial charge in [0.25, 0.3) is 0 Å². The number of carbonyl (C=O) groups is 1. The SMILES string of the molecule is Cn1ccc(N2CCC[C@H](N3CCN(c4ccccc4)CC3)C2=O)n1. The monoisotopic (exact) mass is 339 g/mol. The van der Waals surface area contributed by atoms with Crippen LogP contribution in [0, 0.1) is 0 Å². The highest BCUT2D eigenvalue weighted by Gasteiger charge is 2.36. The van der Waals surface area contributed by atoms with Gasteiger partial charge in [0.05, 0.1) is 6.04 Å². The molecule has 4 rings (SSSR count). The highest BCUT2D eigenvalue weighted by atomic mass is 16.2. The van der Waals surface area contributed by atoms with Gasteiger partial charge in [0.2, 0.25) is 5.91 Å². The highest BCUT2D eigenvalue weighted by Crippen LogP contribution is 2.24. The first-order chi connectivity index (χ1) is 12.2. The van der Waals surface area contributed by atoms with E-state index in [0.29, 0.717) is 0 Å². The Bertz CT molecular complexity index is 720. The van der Waals surface area contributed by atoms with Gasteiger partial charge in [0, 0.05) is 57.7 Å². The lowest BCUT2D eigenvalue weighted by Crippen LogP contribution is -2.58. The fraction of sp³-hybridized carbons (Fsp3) is 0.474. The Balaban J connectivity index is 1.41. The van der Waals surface area contributed by atoms with E-state index in [9.17, 15) is 4.79 Å². The number of rotatable bonds is 3. The maximum Gasteiger partial charge on any atom is 0.245 e. The number of amides is 1. The second-order valence-corrected chi connectivity index (χ2v) is 6.85. The molecule has 2 aromatic rings. The van der Waals surface area contributed by atoms with Crippen molar-refractivity contribution in [2.24, 2.45) is 7.05 Å². The van der Waals surface area contributed by atoms with E-state index >= 15 is 0 Å². The third kappa shape index (κ3) is 3.26. The van der Waals surface area contributed by atoms with Crippen LogP contribution in [0.4, 0.5) is 11.5 Å². The van der Waals surface area contributed by atoms with Crippen molar-refractivity contribution >= 4 is 17.4 Å². The van der Waals surface area contributed by atoms with Gasteiger partial charge in [0.1, 0.15) is 0 Å². The normalized spacial score (nSPS) is 22.4. The van der Waals surface area contributed by atoms with E-state index in [-0.39, 0.29) is 11.9 Å². The van der Waals surface area contributed by atoms with Gasteiger partial charge < -0.3 is 4.90 Å². The van der Waals surface area contributed by atoms with Crippen molar-refractivity contribution in [1.82, 2.24) is 14.7 Å². The zero-order chi connectivity index (χ0) is 17.2. The van der Waals surface area contributed by atoms with Crippen LogP contribution in [0.15, 0.2) is 42.6 Å². The summed E-state index contributed by atoms with van der Waals surface area (Å²) in [6.45, 7) is 4.58. The number of hydrogen-bond acceptors (Lipinski definition) is 4. The fourth-order valence-electron chi connectivity index (χ4n) is 3.90. The minimum Gasteiger partial charge on any atom is -0.369 e. The van der Waals surface area contributed by atoms with Gasteiger partial charge in [-0.15, -0.1) is 0 Å². The average Bonchev–Trinajstić information content (AvgIpc) is 3.09. The maximum atomic E-state index is 13.0. The molecule has 0 aliphatic carbocycles. The number of para-hydroxylation sites is 1. The third-order valence-corrected chi connectivity index (χ3v) is 5.26. The standard InChI is InChI=1S/C19H25N5O/c1-21-11-9-18(20-21)24-10-5-8-17(19(24)25)23-14-12-22(13-15-23)16-6-3-2-4-7-16/h2-4,6-7,9,11,17H,5,8,10,12-15H2,1H3/t17-/m0/s1. The molecule has 0 unspecified atom stereocenters. The molecule has 25 heavy (non-hydrogen) atoms. The summed E-state index contributed by atoms with van der Waals surface area (Å²) in [6, 6.07) is 12.4. The van der Waals surface area contributed by atoms with Gasteiger partial charge in [-0.25, -0.2) is 0 Å². The molecule has 2 fully saturated rings. The van der Waals surface area contributed by atoms with E-state index in [1.807, 2.05) is 30.3 Å². The van der Waals surface area contributed by atoms with Crippen LogP contribution in [0.3, 0.4) is 0 Å². The molecule has 1 atom stereocenters. The number of nitrogens with zero attached hydrogens (tertiary/aromatic N) is 5. The number of carbonyl (C=O) groups excluding carboxylic acids is 1. The predicted molar refractivity (Wildman–Crippen MR) is 98.8 cm³/mol. The van der Waals surface area contributed by atoms with E-state index in [1.165, 1.54) is 5.69 Å². The van der Waals surface area contributed by atoms with Crippen LogP contribution in [-0.2, 0) is 11.8 Å². The van der Waals surface area contributed by atoms with Crippen LogP contribution < -0.4 is 9.80 Å². The molecule has 2 aliphatic rings. The predicted octanol–water partition coefficient (Wildman–Crippen LogP) is 1.74. The summed E-state index contributed by atoms with van der Waals surface area (Å²) in [5.41, 5.74) is 1.27. The molecule has 132 valence electrons. The maximum absolute atomic E-state index is 13.0. The quantitative estimate of drug-likeness (QED) is 0.854. The summed E-state index contributed by atoms with van der Waals surface area (Å²) in [6.07, 6.45) is 3.88. The Morgan fingerprint density at radius 2 is 1.76 bits per heavy atom. The zero-order valence-electron chi connectivity index (χ0n) is 14.7. The van der Waals surface area contributed by atoms with Crippen molar-refractivity contribution in [2.75, 3.05) is 42.5 Å². The molecular weight excluding hydrogens is 314 g/mol. The third-order valence-electron chi connectivity index (χ3n) is 5.26. The number of piperazine rings is 1. The molecular formula is C19H25N5O. The van der Waals surface area contributed by atoms with E-state index in [1.54, 1.807) is 4.68 Å². The number of anilines is 2. The fourth-order valence-corrected chi connectivity index (χ4v) is 3.90. The number of hydrogen-bond donors (Lipinski definition) is 0. The molecule has 0 spiro atoms. The summed E-state index contributed by atoms with van der Waals surface area (Å²) < 4.78 is 1.75. The van der Waals surface area contributed by atoms with Crippen molar-refractivity contribution in [3.63, 3.8) is 0 Å². The van der Waals surface area contributed by atoms with Gasteiger partial charge in [-0.2, -0.15) is 5.10 Å². The van der Waals surface area contributed by atoms with E-state index in [4.69, 9.17) is 0 Å².